The molecular weight excluding hydrogens is 242 g/mol. The second kappa shape index (κ2) is 5.67. The summed E-state index contributed by atoms with van der Waals surface area (Å²) >= 11 is 0. The van der Waals surface area contributed by atoms with Crippen molar-refractivity contribution in [3.05, 3.63) is 46.0 Å². The lowest BCUT2D eigenvalue weighted by atomic mass is 10.1. The summed E-state index contributed by atoms with van der Waals surface area (Å²) in [5.74, 6) is 0.278. The zero-order valence-electron chi connectivity index (χ0n) is 10.8. The first kappa shape index (κ1) is 13.3. The van der Waals surface area contributed by atoms with E-state index in [-0.39, 0.29) is 17.0 Å². The lowest BCUT2D eigenvalue weighted by molar-refractivity contribution is 0.449. The fourth-order valence-corrected chi connectivity index (χ4v) is 1.93. The number of aromatic hydroxyl groups is 1. The molecule has 2 aromatic rings. The molecule has 0 bridgehead atoms. The Morgan fingerprint density at radius 1 is 1.32 bits per heavy atom. The van der Waals surface area contributed by atoms with Gasteiger partial charge in [-0.15, -0.1) is 0 Å². The van der Waals surface area contributed by atoms with Gasteiger partial charge in [-0.1, -0.05) is 31.2 Å². The molecule has 0 fully saturated rings. The number of hydrogen-bond donors (Lipinski definition) is 3. The Morgan fingerprint density at radius 2 is 2.00 bits per heavy atom. The summed E-state index contributed by atoms with van der Waals surface area (Å²) in [5.41, 5.74) is 7.00. The van der Waals surface area contributed by atoms with Crippen molar-refractivity contribution in [3.8, 4) is 17.0 Å². The number of benzene rings is 1. The normalized spacial score (nSPS) is 10.6. The summed E-state index contributed by atoms with van der Waals surface area (Å²) in [6.45, 7) is 2.42. The molecule has 0 spiro atoms. The van der Waals surface area contributed by atoms with Crippen molar-refractivity contribution >= 4 is 0 Å². The SMILES string of the molecule is CCCc1nc(O)c(-c2ccc(CN)cc2)c(=O)[nH]1. The number of hydrogen-bond acceptors (Lipinski definition) is 4. The molecule has 0 aliphatic heterocycles. The van der Waals surface area contributed by atoms with Gasteiger partial charge < -0.3 is 15.8 Å². The van der Waals surface area contributed by atoms with E-state index in [1.54, 1.807) is 12.1 Å². The fraction of sp³-hybridized carbons (Fsp3) is 0.286. The van der Waals surface area contributed by atoms with Gasteiger partial charge in [-0.25, -0.2) is 0 Å². The van der Waals surface area contributed by atoms with Gasteiger partial charge in [-0.05, 0) is 17.5 Å². The van der Waals surface area contributed by atoms with Crippen LogP contribution in [0.1, 0.15) is 24.7 Å². The maximum Gasteiger partial charge on any atom is 0.262 e. The largest absolute Gasteiger partial charge is 0.493 e. The van der Waals surface area contributed by atoms with E-state index in [4.69, 9.17) is 5.73 Å². The molecule has 0 saturated heterocycles. The molecule has 1 aromatic carbocycles. The fourth-order valence-electron chi connectivity index (χ4n) is 1.93. The number of nitrogens with one attached hydrogen (secondary N) is 1. The molecule has 1 heterocycles. The van der Waals surface area contributed by atoms with E-state index in [1.165, 1.54) is 0 Å². The van der Waals surface area contributed by atoms with Crippen molar-refractivity contribution in [1.82, 2.24) is 9.97 Å². The highest BCUT2D eigenvalue weighted by Crippen LogP contribution is 2.23. The minimum Gasteiger partial charge on any atom is -0.493 e. The zero-order valence-corrected chi connectivity index (χ0v) is 10.8. The second-order valence-electron chi connectivity index (χ2n) is 4.36. The number of aromatic nitrogens is 2. The standard InChI is InChI=1S/C14H17N3O2/c1-2-3-11-16-13(18)12(14(19)17-11)10-6-4-9(8-15)5-7-10/h4-7H,2-3,8,15H2,1H3,(H2,16,17,18,19). The van der Waals surface area contributed by atoms with Crippen LogP contribution >= 0.6 is 0 Å². The van der Waals surface area contributed by atoms with Crippen LogP contribution in [-0.4, -0.2) is 15.1 Å². The third-order valence-electron chi connectivity index (χ3n) is 2.91. The highest BCUT2D eigenvalue weighted by atomic mass is 16.3. The quantitative estimate of drug-likeness (QED) is 0.776. The molecule has 5 heteroatoms. The van der Waals surface area contributed by atoms with Crippen LogP contribution in [0.2, 0.25) is 0 Å². The van der Waals surface area contributed by atoms with E-state index in [0.29, 0.717) is 24.4 Å². The number of aryl methyl sites for hydroxylation is 1. The maximum absolute atomic E-state index is 12.0. The Hall–Kier alpha value is -2.14. The van der Waals surface area contributed by atoms with Crippen molar-refractivity contribution < 1.29 is 5.11 Å². The number of nitrogens with two attached hydrogens (primary N) is 1. The molecule has 100 valence electrons. The van der Waals surface area contributed by atoms with Gasteiger partial charge in [-0.2, -0.15) is 4.98 Å². The van der Waals surface area contributed by atoms with Gasteiger partial charge in [0, 0.05) is 13.0 Å². The number of aromatic amines is 1. The molecule has 0 unspecified atom stereocenters. The van der Waals surface area contributed by atoms with Crippen molar-refractivity contribution in [1.29, 1.82) is 0 Å². The topological polar surface area (TPSA) is 92.0 Å². The van der Waals surface area contributed by atoms with Crippen LogP contribution in [0.15, 0.2) is 29.1 Å². The molecule has 0 aliphatic carbocycles. The molecule has 5 nitrogen and oxygen atoms in total. The molecular formula is C14H17N3O2. The van der Waals surface area contributed by atoms with E-state index in [1.807, 2.05) is 19.1 Å². The van der Waals surface area contributed by atoms with E-state index in [0.717, 1.165) is 12.0 Å². The number of rotatable bonds is 4. The van der Waals surface area contributed by atoms with Crippen LogP contribution < -0.4 is 11.3 Å². The highest BCUT2D eigenvalue weighted by Gasteiger charge is 2.12. The average Bonchev–Trinajstić information content (AvgIpc) is 2.39. The van der Waals surface area contributed by atoms with Crippen LogP contribution in [0.25, 0.3) is 11.1 Å². The van der Waals surface area contributed by atoms with Crippen molar-refractivity contribution in [2.24, 2.45) is 5.73 Å². The van der Waals surface area contributed by atoms with Crippen LogP contribution in [0.4, 0.5) is 0 Å². The van der Waals surface area contributed by atoms with Gasteiger partial charge in [0.25, 0.3) is 5.56 Å². The third-order valence-corrected chi connectivity index (χ3v) is 2.91. The molecule has 0 radical (unpaired) electrons. The average molecular weight is 259 g/mol. The zero-order chi connectivity index (χ0) is 13.8. The second-order valence-corrected chi connectivity index (χ2v) is 4.36. The lowest BCUT2D eigenvalue weighted by Gasteiger charge is -2.06. The maximum atomic E-state index is 12.0. The Morgan fingerprint density at radius 3 is 2.53 bits per heavy atom. The van der Waals surface area contributed by atoms with Gasteiger partial charge in [-0.3, -0.25) is 4.79 Å². The Balaban J connectivity index is 2.46. The van der Waals surface area contributed by atoms with Crippen molar-refractivity contribution in [2.45, 2.75) is 26.3 Å². The number of H-pyrrole nitrogens is 1. The summed E-state index contributed by atoms with van der Waals surface area (Å²) in [4.78, 5) is 18.7. The predicted molar refractivity (Wildman–Crippen MR) is 73.8 cm³/mol. The molecule has 0 amide bonds. The highest BCUT2D eigenvalue weighted by molar-refractivity contribution is 5.67. The first-order valence-corrected chi connectivity index (χ1v) is 6.27. The van der Waals surface area contributed by atoms with Crippen LogP contribution in [0.5, 0.6) is 5.88 Å². The summed E-state index contributed by atoms with van der Waals surface area (Å²) in [6.07, 6.45) is 1.49. The molecule has 1 aromatic heterocycles. The Kier molecular flexibility index (Phi) is 3.97. The van der Waals surface area contributed by atoms with Gasteiger partial charge in [0.05, 0.1) is 0 Å². The summed E-state index contributed by atoms with van der Waals surface area (Å²) in [7, 11) is 0. The minimum atomic E-state index is -0.323. The molecule has 0 aliphatic rings. The van der Waals surface area contributed by atoms with Gasteiger partial charge >= 0.3 is 0 Å². The van der Waals surface area contributed by atoms with E-state index in [9.17, 15) is 9.90 Å². The molecule has 19 heavy (non-hydrogen) atoms. The van der Waals surface area contributed by atoms with Crippen molar-refractivity contribution in [3.63, 3.8) is 0 Å². The van der Waals surface area contributed by atoms with E-state index in [2.05, 4.69) is 9.97 Å². The first-order chi connectivity index (χ1) is 9.15. The van der Waals surface area contributed by atoms with E-state index >= 15 is 0 Å². The minimum absolute atomic E-state index is 0.198. The molecule has 2 rings (SSSR count). The van der Waals surface area contributed by atoms with Gasteiger partial charge in [0.1, 0.15) is 11.4 Å². The van der Waals surface area contributed by atoms with Gasteiger partial charge in [0.15, 0.2) is 0 Å². The summed E-state index contributed by atoms with van der Waals surface area (Å²) in [6, 6.07) is 7.17. The molecule has 0 saturated carbocycles. The van der Waals surface area contributed by atoms with Crippen LogP contribution in [0, 0.1) is 0 Å². The van der Waals surface area contributed by atoms with Crippen LogP contribution in [0.3, 0.4) is 0 Å². The van der Waals surface area contributed by atoms with Gasteiger partial charge in [0.2, 0.25) is 5.88 Å². The first-order valence-electron chi connectivity index (χ1n) is 6.27. The van der Waals surface area contributed by atoms with Crippen molar-refractivity contribution in [2.75, 3.05) is 0 Å². The number of nitrogens with zero attached hydrogens (tertiary/aromatic N) is 1. The van der Waals surface area contributed by atoms with Crippen LogP contribution in [-0.2, 0) is 13.0 Å². The molecule has 4 N–H and O–H groups in total. The summed E-state index contributed by atoms with van der Waals surface area (Å²) < 4.78 is 0. The predicted octanol–water partition coefficient (Wildman–Crippen LogP) is 1.55. The third kappa shape index (κ3) is 2.82. The Bertz CT molecular complexity index is 618. The van der Waals surface area contributed by atoms with E-state index < -0.39 is 0 Å². The summed E-state index contributed by atoms with van der Waals surface area (Å²) in [5, 5.41) is 9.92. The Labute approximate surface area is 111 Å². The monoisotopic (exact) mass is 259 g/mol. The lowest BCUT2D eigenvalue weighted by Crippen LogP contribution is -2.14. The molecule has 0 atom stereocenters. The smallest absolute Gasteiger partial charge is 0.262 e.